The van der Waals surface area contributed by atoms with Crippen LogP contribution in [0.1, 0.15) is 87.9 Å². The van der Waals surface area contributed by atoms with Gasteiger partial charge in [0, 0.05) is 31.1 Å². The third kappa shape index (κ3) is 14.7. The minimum atomic E-state index is -0.340. The molecule has 0 unspecified atom stereocenters. The maximum atomic E-state index is 12.7. The van der Waals surface area contributed by atoms with Gasteiger partial charge in [0.1, 0.15) is 12.4 Å². The lowest BCUT2D eigenvalue weighted by Gasteiger charge is -2.18. The standard InChI is InChI=1S/C20H29N3O2.C17H28N2O3.ClH/c1-4-7-14-25-19-15-17(16-10-8-9-11-18(16)22-19)20(24)21-12-13-23(5-2)6-3;1-4-7-11-21-16-13-14(8-9-15(16)18)17(20)22-12-10-19(5-2)6-3;/h8-11,15H,4-7,12-14H2,1-3H3,(H,21,24);8-9,13H,4-7,10-12,18H2,1-3H3;1H. The number of rotatable bonds is 20. The van der Waals surface area contributed by atoms with Gasteiger partial charge >= 0.3 is 5.97 Å². The monoisotopic (exact) mass is 687 g/mol. The van der Waals surface area contributed by atoms with Gasteiger partial charge in [-0.1, -0.05) is 72.6 Å². The topological polar surface area (TPSA) is 119 Å². The largest absolute Gasteiger partial charge is 0.491 e. The van der Waals surface area contributed by atoms with Crippen molar-refractivity contribution in [3.05, 3.63) is 59.7 Å². The number of aromatic nitrogens is 1. The number of nitrogens with one attached hydrogen (secondary N) is 1. The summed E-state index contributed by atoms with van der Waals surface area (Å²) in [4.78, 5) is 33.7. The Morgan fingerprint density at radius 1 is 0.792 bits per heavy atom. The summed E-state index contributed by atoms with van der Waals surface area (Å²) in [6.45, 7) is 20.3. The van der Waals surface area contributed by atoms with Gasteiger partial charge in [-0.15, -0.1) is 12.4 Å². The van der Waals surface area contributed by atoms with Gasteiger partial charge in [0.25, 0.3) is 5.91 Å². The van der Waals surface area contributed by atoms with E-state index in [-0.39, 0.29) is 24.3 Å². The van der Waals surface area contributed by atoms with Crippen LogP contribution < -0.4 is 20.5 Å². The number of nitrogen functional groups attached to an aromatic ring is 1. The Labute approximate surface area is 294 Å². The second kappa shape index (κ2) is 24.5. The number of nitrogens with zero attached hydrogens (tertiary/aromatic N) is 3. The van der Waals surface area contributed by atoms with Crippen LogP contribution in [0.25, 0.3) is 10.9 Å². The average Bonchev–Trinajstić information content (AvgIpc) is 3.09. The molecule has 0 atom stereocenters. The third-order valence-corrected chi connectivity index (χ3v) is 7.83. The Kier molecular flexibility index (Phi) is 21.7. The van der Waals surface area contributed by atoms with E-state index in [1.54, 1.807) is 24.3 Å². The first-order valence-electron chi connectivity index (χ1n) is 17.3. The van der Waals surface area contributed by atoms with Crippen molar-refractivity contribution in [2.45, 2.75) is 67.2 Å². The van der Waals surface area contributed by atoms with Crippen LogP contribution in [-0.4, -0.2) is 92.3 Å². The molecule has 0 bridgehead atoms. The summed E-state index contributed by atoms with van der Waals surface area (Å²) in [5.74, 6) is 0.645. The van der Waals surface area contributed by atoms with Crippen molar-refractivity contribution in [3.63, 3.8) is 0 Å². The Balaban J connectivity index is 0.000000474. The van der Waals surface area contributed by atoms with E-state index < -0.39 is 0 Å². The maximum absolute atomic E-state index is 12.7. The van der Waals surface area contributed by atoms with Gasteiger partial charge in [-0.05, 0) is 63.3 Å². The number of pyridine rings is 1. The zero-order valence-electron chi connectivity index (χ0n) is 29.9. The van der Waals surface area contributed by atoms with E-state index in [4.69, 9.17) is 19.9 Å². The number of hydrogen-bond acceptors (Lipinski definition) is 9. The molecule has 10 nitrogen and oxygen atoms in total. The highest BCUT2D eigenvalue weighted by atomic mass is 35.5. The Morgan fingerprint density at radius 3 is 2.06 bits per heavy atom. The molecule has 11 heteroatoms. The normalized spacial score (nSPS) is 10.7. The van der Waals surface area contributed by atoms with Crippen LogP contribution in [0.15, 0.2) is 48.5 Å². The summed E-state index contributed by atoms with van der Waals surface area (Å²) in [5, 5.41) is 3.87. The van der Waals surface area contributed by atoms with Crippen molar-refractivity contribution in [3.8, 4) is 11.6 Å². The highest BCUT2D eigenvalue weighted by Gasteiger charge is 2.14. The highest BCUT2D eigenvalue weighted by Crippen LogP contribution is 2.24. The van der Waals surface area contributed by atoms with E-state index in [1.807, 2.05) is 24.3 Å². The molecule has 0 saturated heterocycles. The average molecular weight is 688 g/mol. The molecule has 2 aromatic carbocycles. The second-order valence-electron chi connectivity index (χ2n) is 11.1. The number of nitrogens with two attached hydrogens (primary N) is 1. The molecule has 48 heavy (non-hydrogen) atoms. The van der Waals surface area contributed by atoms with E-state index in [1.165, 1.54) is 0 Å². The highest BCUT2D eigenvalue weighted by molar-refractivity contribution is 6.06. The molecule has 1 amide bonds. The molecule has 1 heterocycles. The number of carbonyl (C=O) groups excluding carboxylic acids is 2. The van der Waals surface area contributed by atoms with Crippen LogP contribution in [0, 0.1) is 0 Å². The van der Waals surface area contributed by atoms with Gasteiger partial charge in [0.2, 0.25) is 5.88 Å². The third-order valence-electron chi connectivity index (χ3n) is 7.83. The molecular formula is C37H58ClN5O5. The number of halogens is 1. The van der Waals surface area contributed by atoms with Crippen molar-refractivity contribution in [2.24, 2.45) is 0 Å². The van der Waals surface area contributed by atoms with Crippen molar-refractivity contribution < 1.29 is 23.8 Å². The quantitative estimate of drug-likeness (QED) is 0.0746. The zero-order valence-corrected chi connectivity index (χ0v) is 30.7. The van der Waals surface area contributed by atoms with Crippen molar-refractivity contribution in [1.29, 1.82) is 0 Å². The lowest BCUT2D eigenvalue weighted by Crippen LogP contribution is -2.34. The first-order chi connectivity index (χ1) is 22.8. The SMILES string of the molecule is CCCCOc1cc(C(=O)NCCN(CC)CC)c2ccccc2n1.CCCCOc1cc(C(=O)OCCN(CC)CC)ccc1N.Cl. The van der Waals surface area contributed by atoms with Crippen LogP contribution in [0.4, 0.5) is 5.69 Å². The van der Waals surface area contributed by atoms with Gasteiger partial charge in [-0.3, -0.25) is 4.79 Å². The predicted molar refractivity (Wildman–Crippen MR) is 199 cm³/mol. The molecule has 0 aliphatic rings. The molecule has 0 fully saturated rings. The molecule has 0 radical (unpaired) electrons. The summed E-state index contributed by atoms with van der Waals surface area (Å²) in [5.41, 5.74) is 8.28. The van der Waals surface area contributed by atoms with E-state index in [2.05, 4.69) is 61.6 Å². The lowest BCUT2D eigenvalue weighted by atomic mass is 10.1. The number of amides is 1. The fourth-order valence-corrected chi connectivity index (χ4v) is 4.70. The smallest absolute Gasteiger partial charge is 0.338 e. The molecule has 0 aliphatic carbocycles. The summed E-state index contributed by atoms with van der Waals surface area (Å²) in [6.07, 6.45) is 4.04. The Hall–Kier alpha value is -3.60. The molecule has 1 aromatic heterocycles. The second-order valence-corrected chi connectivity index (χ2v) is 11.1. The maximum Gasteiger partial charge on any atom is 0.338 e. The van der Waals surface area contributed by atoms with Crippen molar-refractivity contribution in [2.75, 3.05) is 71.4 Å². The Bertz CT molecular complexity index is 1350. The number of likely N-dealkylation sites (N-methyl/N-ethyl adjacent to an activating group) is 2. The molecule has 0 saturated carbocycles. The number of fused-ring (bicyclic) bond motifs is 1. The van der Waals surface area contributed by atoms with Crippen LogP contribution in [0.3, 0.4) is 0 Å². The minimum Gasteiger partial charge on any atom is -0.491 e. The van der Waals surface area contributed by atoms with Crippen LogP contribution in [0.2, 0.25) is 0 Å². The molecule has 268 valence electrons. The van der Waals surface area contributed by atoms with Gasteiger partial charge in [-0.25, -0.2) is 9.78 Å². The molecule has 3 aromatic rings. The number of hydrogen-bond donors (Lipinski definition) is 2. The van der Waals surface area contributed by atoms with Crippen LogP contribution in [0.5, 0.6) is 11.6 Å². The summed E-state index contributed by atoms with van der Waals surface area (Å²) >= 11 is 0. The molecule has 3 rings (SSSR count). The number of para-hydroxylation sites is 1. The first-order valence-corrected chi connectivity index (χ1v) is 17.3. The van der Waals surface area contributed by atoms with Crippen LogP contribution >= 0.6 is 12.4 Å². The molecule has 3 N–H and O–H groups in total. The molecule has 0 spiro atoms. The number of carbonyl (C=O) groups is 2. The number of ether oxygens (including phenoxy) is 3. The lowest BCUT2D eigenvalue weighted by molar-refractivity contribution is 0.0466. The van der Waals surface area contributed by atoms with Crippen molar-refractivity contribution in [1.82, 2.24) is 20.1 Å². The first kappa shape index (κ1) is 42.4. The summed E-state index contributed by atoms with van der Waals surface area (Å²) in [7, 11) is 0. The van der Waals surface area contributed by atoms with E-state index in [0.29, 0.717) is 54.8 Å². The van der Waals surface area contributed by atoms with E-state index >= 15 is 0 Å². The number of unbranched alkanes of at least 4 members (excludes halogenated alkanes) is 2. The fraction of sp³-hybridized carbons (Fsp3) is 0.541. The molecular weight excluding hydrogens is 630 g/mol. The molecule has 0 aliphatic heterocycles. The van der Waals surface area contributed by atoms with Crippen LogP contribution in [-0.2, 0) is 4.74 Å². The summed E-state index contributed by atoms with van der Waals surface area (Å²) in [6, 6.07) is 14.5. The van der Waals surface area contributed by atoms with E-state index in [9.17, 15) is 9.59 Å². The van der Waals surface area contributed by atoms with Gasteiger partial charge < -0.3 is 35.1 Å². The van der Waals surface area contributed by atoms with Crippen molar-refractivity contribution >= 4 is 40.9 Å². The fourth-order valence-electron chi connectivity index (χ4n) is 4.70. The zero-order chi connectivity index (χ0) is 34.4. The predicted octanol–water partition coefficient (Wildman–Crippen LogP) is 6.85. The number of benzene rings is 2. The van der Waals surface area contributed by atoms with Gasteiger partial charge in [0.05, 0.1) is 35.5 Å². The van der Waals surface area contributed by atoms with Gasteiger partial charge in [-0.2, -0.15) is 0 Å². The number of esters is 1. The summed E-state index contributed by atoms with van der Waals surface area (Å²) < 4.78 is 16.6. The minimum absolute atomic E-state index is 0. The number of anilines is 1. The van der Waals surface area contributed by atoms with E-state index in [0.717, 1.165) is 75.9 Å². The van der Waals surface area contributed by atoms with Gasteiger partial charge in [0.15, 0.2) is 0 Å². The Morgan fingerprint density at radius 2 is 1.42 bits per heavy atom.